The Morgan fingerprint density at radius 2 is 1.45 bits per heavy atom. The summed E-state index contributed by atoms with van der Waals surface area (Å²) in [5, 5.41) is 4.99. The minimum absolute atomic E-state index is 0.208. The van der Waals surface area contributed by atoms with E-state index in [1.165, 1.54) is 25.6 Å². The molecule has 4 rings (SSSR count). The molecular weight excluding hydrogens is 416 g/mol. The number of methoxy groups -OCH3 is 3. The average Bonchev–Trinajstić information content (AvgIpc) is 3.40. The van der Waals surface area contributed by atoms with Gasteiger partial charge in [0.15, 0.2) is 0 Å². The maximum absolute atomic E-state index is 13.4. The Bertz CT molecular complexity index is 1130. The molecule has 0 spiro atoms. The second kappa shape index (κ2) is 8.53. The summed E-state index contributed by atoms with van der Waals surface area (Å²) < 4.78 is 15.8. The molecular formula is C23H20N2O5S. The van der Waals surface area contributed by atoms with Gasteiger partial charge in [-0.15, -0.1) is 11.3 Å². The van der Waals surface area contributed by atoms with Gasteiger partial charge >= 0.3 is 0 Å². The molecule has 0 aliphatic carbocycles. The molecule has 7 nitrogen and oxygen atoms in total. The third-order valence-electron chi connectivity index (χ3n) is 4.81. The number of carbonyl (C=O) groups is 2. The first-order valence-electron chi connectivity index (χ1n) is 9.36. The van der Waals surface area contributed by atoms with E-state index < -0.39 is 11.8 Å². The molecule has 158 valence electrons. The first-order chi connectivity index (χ1) is 15.0. The van der Waals surface area contributed by atoms with Crippen molar-refractivity contribution < 1.29 is 23.8 Å². The Hall–Kier alpha value is -3.78. The number of imide groups is 1. The summed E-state index contributed by atoms with van der Waals surface area (Å²) >= 11 is 1.39. The SMILES string of the molecule is COc1ccc(NC2=C(c3cccs3)C(=O)N(c3cc(OC)cc(OC)c3)C2=O)cc1. The van der Waals surface area contributed by atoms with E-state index in [2.05, 4.69) is 5.32 Å². The molecule has 31 heavy (non-hydrogen) atoms. The minimum Gasteiger partial charge on any atom is -0.497 e. The zero-order valence-corrected chi connectivity index (χ0v) is 18.0. The van der Waals surface area contributed by atoms with E-state index >= 15 is 0 Å². The summed E-state index contributed by atoms with van der Waals surface area (Å²) in [7, 11) is 4.61. The standard InChI is InChI=1S/C23H20N2O5S/c1-28-16-8-6-14(7-9-16)24-21-20(19-5-4-10-31-19)22(26)25(23(21)27)15-11-17(29-2)13-18(12-15)30-3/h4-13,24H,1-3H3. The number of rotatable bonds is 7. The molecule has 1 N–H and O–H groups in total. The van der Waals surface area contributed by atoms with Gasteiger partial charge in [-0.1, -0.05) is 6.07 Å². The van der Waals surface area contributed by atoms with Gasteiger partial charge in [-0.25, -0.2) is 4.90 Å². The molecule has 0 radical (unpaired) electrons. The maximum atomic E-state index is 13.4. The van der Waals surface area contributed by atoms with E-state index in [0.717, 1.165) is 4.90 Å². The van der Waals surface area contributed by atoms with Crippen LogP contribution in [0.3, 0.4) is 0 Å². The molecule has 1 aliphatic heterocycles. The highest BCUT2D eigenvalue weighted by Crippen LogP contribution is 2.38. The fourth-order valence-corrected chi connectivity index (χ4v) is 4.04. The number of hydrogen-bond acceptors (Lipinski definition) is 7. The molecule has 0 bridgehead atoms. The van der Waals surface area contributed by atoms with E-state index in [-0.39, 0.29) is 5.70 Å². The van der Waals surface area contributed by atoms with Gasteiger partial charge in [0.2, 0.25) is 0 Å². The van der Waals surface area contributed by atoms with E-state index in [1.807, 2.05) is 17.5 Å². The molecule has 0 fully saturated rings. The Kier molecular flexibility index (Phi) is 5.64. The van der Waals surface area contributed by atoms with Crippen LogP contribution in [0.15, 0.2) is 65.7 Å². The Balaban J connectivity index is 1.77. The van der Waals surface area contributed by atoms with Crippen LogP contribution in [0.1, 0.15) is 4.88 Å². The lowest BCUT2D eigenvalue weighted by atomic mass is 10.2. The van der Waals surface area contributed by atoms with E-state index in [4.69, 9.17) is 14.2 Å². The number of thiophene rings is 1. The van der Waals surface area contributed by atoms with Crippen LogP contribution in [-0.4, -0.2) is 33.1 Å². The van der Waals surface area contributed by atoms with Gasteiger partial charge in [-0.3, -0.25) is 9.59 Å². The first kappa shape index (κ1) is 20.5. The molecule has 0 unspecified atom stereocenters. The van der Waals surface area contributed by atoms with Gasteiger partial charge in [0.25, 0.3) is 11.8 Å². The van der Waals surface area contributed by atoms with Crippen molar-refractivity contribution in [1.82, 2.24) is 0 Å². The van der Waals surface area contributed by atoms with Gasteiger partial charge in [-0.05, 0) is 35.7 Å². The summed E-state index contributed by atoms with van der Waals surface area (Å²) in [5.41, 5.74) is 1.56. The van der Waals surface area contributed by atoms with E-state index in [1.54, 1.807) is 49.6 Å². The average molecular weight is 436 g/mol. The van der Waals surface area contributed by atoms with Gasteiger partial charge < -0.3 is 19.5 Å². The molecule has 3 aromatic rings. The fraction of sp³-hybridized carbons (Fsp3) is 0.130. The number of benzene rings is 2. The maximum Gasteiger partial charge on any atom is 0.282 e. The molecule has 0 saturated heterocycles. The van der Waals surface area contributed by atoms with Crippen LogP contribution in [0.5, 0.6) is 17.2 Å². The Morgan fingerprint density at radius 1 is 0.806 bits per heavy atom. The molecule has 1 aromatic heterocycles. The number of amides is 2. The van der Waals surface area contributed by atoms with Crippen molar-refractivity contribution in [2.45, 2.75) is 0 Å². The number of ether oxygens (including phenoxy) is 3. The second-order valence-electron chi connectivity index (χ2n) is 6.60. The largest absolute Gasteiger partial charge is 0.497 e. The third-order valence-corrected chi connectivity index (χ3v) is 5.69. The van der Waals surface area contributed by atoms with Crippen molar-refractivity contribution in [3.63, 3.8) is 0 Å². The molecule has 2 aromatic carbocycles. The van der Waals surface area contributed by atoms with E-state index in [0.29, 0.717) is 39.1 Å². The third kappa shape index (κ3) is 3.85. The summed E-state index contributed by atoms with van der Waals surface area (Å²) in [5.74, 6) is 0.767. The first-order valence-corrected chi connectivity index (χ1v) is 10.2. The predicted octanol–water partition coefficient (Wildman–Crippen LogP) is 4.17. The number of hydrogen-bond donors (Lipinski definition) is 1. The molecule has 0 saturated carbocycles. The van der Waals surface area contributed by atoms with Gasteiger partial charge in [0.1, 0.15) is 22.9 Å². The monoisotopic (exact) mass is 436 g/mol. The molecule has 2 amide bonds. The molecule has 2 heterocycles. The zero-order valence-electron chi connectivity index (χ0n) is 17.2. The summed E-state index contributed by atoms with van der Waals surface area (Å²) in [4.78, 5) is 28.7. The number of anilines is 2. The minimum atomic E-state index is -0.459. The highest BCUT2D eigenvalue weighted by atomic mass is 32.1. The molecule has 8 heteroatoms. The summed E-state index contributed by atoms with van der Waals surface area (Å²) in [6.45, 7) is 0. The second-order valence-corrected chi connectivity index (χ2v) is 7.55. The summed E-state index contributed by atoms with van der Waals surface area (Å²) in [6.07, 6.45) is 0. The Labute approximate surface area is 183 Å². The summed E-state index contributed by atoms with van der Waals surface area (Å²) in [6, 6.07) is 15.7. The molecule has 0 atom stereocenters. The van der Waals surface area contributed by atoms with Crippen LogP contribution in [0, 0.1) is 0 Å². The lowest BCUT2D eigenvalue weighted by Crippen LogP contribution is -2.32. The van der Waals surface area contributed by atoms with Crippen LogP contribution in [0.4, 0.5) is 11.4 Å². The van der Waals surface area contributed by atoms with Crippen molar-refractivity contribution in [2.24, 2.45) is 0 Å². The van der Waals surface area contributed by atoms with Crippen molar-refractivity contribution in [3.05, 3.63) is 70.6 Å². The van der Waals surface area contributed by atoms with Crippen LogP contribution in [0.25, 0.3) is 5.57 Å². The zero-order chi connectivity index (χ0) is 22.0. The van der Waals surface area contributed by atoms with Gasteiger partial charge in [-0.2, -0.15) is 0 Å². The van der Waals surface area contributed by atoms with Crippen LogP contribution >= 0.6 is 11.3 Å². The number of carbonyl (C=O) groups excluding carboxylic acids is 2. The van der Waals surface area contributed by atoms with Crippen molar-refractivity contribution >= 4 is 40.1 Å². The number of nitrogens with zero attached hydrogens (tertiary/aromatic N) is 1. The fourth-order valence-electron chi connectivity index (χ4n) is 3.27. The predicted molar refractivity (Wildman–Crippen MR) is 120 cm³/mol. The number of nitrogens with one attached hydrogen (secondary N) is 1. The normalized spacial score (nSPS) is 13.6. The van der Waals surface area contributed by atoms with Crippen molar-refractivity contribution in [2.75, 3.05) is 31.5 Å². The van der Waals surface area contributed by atoms with Crippen LogP contribution < -0.4 is 24.4 Å². The van der Waals surface area contributed by atoms with Gasteiger partial charge in [0.05, 0.1) is 32.6 Å². The smallest absolute Gasteiger partial charge is 0.282 e. The van der Waals surface area contributed by atoms with E-state index in [9.17, 15) is 9.59 Å². The van der Waals surface area contributed by atoms with Crippen LogP contribution in [0.2, 0.25) is 0 Å². The van der Waals surface area contributed by atoms with Gasteiger partial charge in [0, 0.05) is 28.8 Å². The van der Waals surface area contributed by atoms with Crippen LogP contribution in [-0.2, 0) is 9.59 Å². The highest BCUT2D eigenvalue weighted by Gasteiger charge is 2.41. The molecule has 1 aliphatic rings. The van der Waals surface area contributed by atoms with Crippen molar-refractivity contribution in [3.8, 4) is 17.2 Å². The lowest BCUT2D eigenvalue weighted by Gasteiger charge is -2.17. The Morgan fingerprint density at radius 3 is 2.00 bits per heavy atom. The van der Waals surface area contributed by atoms with Crippen molar-refractivity contribution in [1.29, 1.82) is 0 Å². The quantitative estimate of drug-likeness (QED) is 0.560. The topological polar surface area (TPSA) is 77.1 Å². The lowest BCUT2D eigenvalue weighted by molar-refractivity contribution is -0.120. The highest BCUT2D eigenvalue weighted by molar-refractivity contribution is 7.11.